The molecule has 0 radical (unpaired) electrons. The van der Waals surface area contributed by atoms with E-state index in [1.54, 1.807) is 29.9 Å². The molecule has 0 aliphatic heterocycles. The Morgan fingerprint density at radius 2 is 2.10 bits per heavy atom. The van der Waals surface area contributed by atoms with E-state index in [2.05, 4.69) is 10.3 Å². The highest BCUT2D eigenvalue weighted by molar-refractivity contribution is 5.83. The van der Waals surface area contributed by atoms with E-state index in [-0.39, 0.29) is 12.5 Å². The third-order valence-electron chi connectivity index (χ3n) is 3.11. The number of amides is 1. The third-order valence-corrected chi connectivity index (χ3v) is 3.11. The van der Waals surface area contributed by atoms with Crippen molar-refractivity contribution in [2.24, 2.45) is 7.05 Å². The van der Waals surface area contributed by atoms with Crippen LogP contribution in [0.15, 0.2) is 36.5 Å². The van der Waals surface area contributed by atoms with Crippen LogP contribution in [0.5, 0.6) is 0 Å². The molecule has 0 bridgehead atoms. The fourth-order valence-electron chi connectivity index (χ4n) is 2.07. The number of likely N-dealkylation sites (N-methyl/N-ethyl adjacent to an activating group) is 1. The number of carbonyl (C=O) groups is 1. The minimum atomic E-state index is -0.544. The number of aliphatic hydroxyl groups is 1. The molecule has 1 atom stereocenters. The van der Waals surface area contributed by atoms with Gasteiger partial charge in [-0.1, -0.05) is 35.5 Å². The van der Waals surface area contributed by atoms with E-state index in [0.717, 1.165) is 5.56 Å². The van der Waals surface area contributed by atoms with Gasteiger partial charge in [-0.2, -0.15) is 0 Å². The quantitative estimate of drug-likeness (QED) is 0.864. The molecule has 1 aromatic carbocycles. The highest BCUT2D eigenvalue weighted by Crippen LogP contribution is 2.18. The Morgan fingerprint density at radius 3 is 2.65 bits per heavy atom. The van der Waals surface area contributed by atoms with Gasteiger partial charge in [0.05, 0.1) is 19.1 Å². The van der Waals surface area contributed by atoms with Crippen molar-refractivity contribution < 1.29 is 9.90 Å². The molecule has 2 aromatic rings. The van der Waals surface area contributed by atoms with Crippen LogP contribution in [0.2, 0.25) is 0 Å². The zero-order chi connectivity index (χ0) is 14.5. The second-order valence-corrected chi connectivity index (χ2v) is 4.72. The summed E-state index contributed by atoms with van der Waals surface area (Å²) in [5.74, 6) is -0.678. The van der Waals surface area contributed by atoms with Gasteiger partial charge in [0.2, 0.25) is 5.91 Å². The molecular weight excluding hydrogens is 256 g/mol. The van der Waals surface area contributed by atoms with Crippen molar-refractivity contribution in [3.8, 4) is 0 Å². The van der Waals surface area contributed by atoms with Crippen LogP contribution in [0.1, 0.15) is 17.2 Å². The summed E-state index contributed by atoms with van der Waals surface area (Å²) < 4.78 is 1.59. The predicted octanol–water partition coefficient (Wildman–Crippen LogP) is 0.550. The van der Waals surface area contributed by atoms with E-state index in [0.29, 0.717) is 12.2 Å². The number of rotatable bonds is 5. The van der Waals surface area contributed by atoms with Crippen molar-refractivity contribution in [3.05, 3.63) is 47.8 Å². The summed E-state index contributed by atoms with van der Waals surface area (Å²) in [7, 11) is 3.47. The number of hydrogen-bond donors (Lipinski definition) is 1. The van der Waals surface area contributed by atoms with E-state index in [4.69, 9.17) is 0 Å². The molecule has 0 saturated heterocycles. The molecule has 1 unspecified atom stereocenters. The zero-order valence-electron chi connectivity index (χ0n) is 11.6. The van der Waals surface area contributed by atoms with Gasteiger partial charge in [-0.05, 0) is 5.56 Å². The molecule has 0 aliphatic carbocycles. The molecule has 0 fully saturated rings. The van der Waals surface area contributed by atoms with Gasteiger partial charge < -0.3 is 10.0 Å². The minimum Gasteiger partial charge on any atom is -0.395 e. The van der Waals surface area contributed by atoms with Crippen LogP contribution in [0, 0.1) is 0 Å². The number of carbonyl (C=O) groups excluding carboxylic acids is 1. The first-order valence-electron chi connectivity index (χ1n) is 6.37. The number of benzene rings is 1. The van der Waals surface area contributed by atoms with E-state index in [1.165, 1.54) is 0 Å². The Hall–Kier alpha value is -2.21. The van der Waals surface area contributed by atoms with Crippen LogP contribution in [-0.4, -0.2) is 44.6 Å². The Labute approximate surface area is 117 Å². The molecule has 1 aromatic heterocycles. The molecule has 20 heavy (non-hydrogen) atoms. The smallest absolute Gasteiger partial charge is 0.232 e. The summed E-state index contributed by atoms with van der Waals surface area (Å²) in [6, 6.07) is 9.28. The molecule has 6 nitrogen and oxygen atoms in total. The van der Waals surface area contributed by atoms with Gasteiger partial charge in [0.1, 0.15) is 5.69 Å². The van der Waals surface area contributed by atoms with Crippen LogP contribution in [0.4, 0.5) is 0 Å². The summed E-state index contributed by atoms with van der Waals surface area (Å²) in [4.78, 5) is 14.0. The van der Waals surface area contributed by atoms with Crippen LogP contribution in [0.3, 0.4) is 0 Å². The van der Waals surface area contributed by atoms with E-state index in [9.17, 15) is 9.90 Å². The van der Waals surface area contributed by atoms with Gasteiger partial charge in [0, 0.05) is 20.3 Å². The van der Waals surface area contributed by atoms with Gasteiger partial charge in [0.25, 0.3) is 0 Å². The van der Waals surface area contributed by atoms with E-state index < -0.39 is 5.92 Å². The first-order chi connectivity index (χ1) is 9.61. The number of aryl methyl sites for hydroxylation is 1. The summed E-state index contributed by atoms with van der Waals surface area (Å²) in [5.41, 5.74) is 1.53. The second kappa shape index (κ2) is 6.29. The number of nitrogens with zero attached hydrogens (tertiary/aromatic N) is 4. The molecule has 2 rings (SSSR count). The van der Waals surface area contributed by atoms with Crippen molar-refractivity contribution >= 4 is 5.91 Å². The van der Waals surface area contributed by atoms with E-state index >= 15 is 0 Å². The highest BCUT2D eigenvalue weighted by atomic mass is 16.3. The maximum Gasteiger partial charge on any atom is 0.232 e. The van der Waals surface area contributed by atoms with Crippen molar-refractivity contribution in [2.75, 3.05) is 13.7 Å². The summed E-state index contributed by atoms with van der Waals surface area (Å²) in [6.45, 7) is 0.156. The molecule has 1 amide bonds. The highest BCUT2D eigenvalue weighted by Gasteiger charge is 2.23. The Kier molecular flexibility index (Phi) is 4.47. The SMILES string of the molecule is CN(Cc1cn(C)nn1)C(=O)C(CO)c1ccccc1. The Morgan fingerprint density at radius 1 is 1.40 bits per heavy atom. The average Bonchev–Trinajstić information content (AvgIpc) is 2.86. The Bertz CT molecular complexity index is 568. The first kappa shape index (κ1) is 14.2. The van der Waals surface area contributed by atoms with Gasteiger partial charge in [-0.25, -0.2) is 0 Å². The van der Waals surface area contributed by atoms with Gasteiger partial charge >= 0.3 is 0 Å². The third kappa shape index (κ3) is 3.21. The minimum absolute atomic E-state index is 0.135. The lowest BCUT2D eigenvalue weighted by Crippen LogP contribution is -2.33. The summed E-state index contributed by atoms with van der Waals surface area (Å²) in [5, 5.41) is 17.3. The number of hydrogen-bond acceptors (Lipinski definition) is 4. The van der Waals surface area contributed by atoms with Crippen LogP contribution in [-0.2, 0) is 18.4 Å². The standard InChI is InChI=1S/C14H18N4O2/c1-17(8-12-9-18(2)16-15-12)14(20)13(10-19)11-6-4-3-5-7-11/h3-7,9,13,19H,8,10H2,1-2H3. The molecular formula is C14H18N4O2. The van der Waals surface area contributed by atoms with Gasteiger partial charge in [-0.15, -0.1) is 5.10 Å². The molecule has 1 N–H and O–H groups in total. The van der Waals surface area contributed by atoms with Crippen molar-refractivity contribution in [3.63, 3.8) is 0 Å². The molecule has 0 saturated carbocycles. The largest absolute Gasteiger partial charge is 0.395 e. The zero-order valence-corrected chi connectivity index (χ0v) is 11.6. The van der Waals surface area contributed by atoms with Crippen LogP contribution in [0.25, 0.3) is 0 Å². The predicted molar refractivity (Wildman–Crippen MR) is 73.7 cm³/mol. The molecule has 0 aliphatic rings. The first-order valence-corrected chi connectivity index (χ1v) is 6.37. The lowest BCUT2D eigenvalue weighted by atomic mass is 9.98. The number of aromatic nitrogens is 3. The summed E-state index contributed by atoms with van der Waals surface area (Å²) in [6.07, 6.45) is 1.76. The van der Waals surface area contributed by atoms with Gasteiger partial charge in [-0.3, -0.25) is 9.48 Å². The maximum atomic E-state index is 12.4. The van der Waals surface area contributed by atoms with Crippen molar-refractivity contribution in [1.82, 2.24) is 19.9 Å². The monoisotopic (exact) mass is 274 g/mol. The average molecular weight is 274 g/mol. The molecule has 6 heteroatoms. The van der Waals surface area contributed by atoms with Crippen LogP contribution < -0.4 is 0 Å². The lowest BCUT2D eigenvalue weighted by Gasteiger charge is -2.22. The van der Waals surface area contributed by atoms with Gasteiger partial charge in [0.15, 0.2) is 0 Å². The second-order valence-electron chi connectivity index (χ2n) is 4.72. The number of aliphatic hydroxyl groups excluding tert-OH is 1. The van der Waals surface area contributed by atoms with Crippen LogP contribution >= 0.6 is 0 Å². The fourth-order valence-corrected chi connectivity index (χ4v) is 2.07. The normalized spacial score (nSPS) is 12.2. The van der Waals surface area contributed by atoms with E-state index in [1.807, 2.05) is 30.3 Å². The van der Waals surface area contributed by atoms with Crippen molar-refractivity contribution in [1.29, 1.82) is 0 Å². The molecule has 106 valence electrons. The molecule has 0 spiro atoms. The van der Waals surface area contributed by atoms with Crippen molar-refractivity contribution in [2.45, 2.75) is 12.5 Å². The Balaban J connectivity index is 2.08. The maximum absolute atomic E-state index is 12.4. The molecule has 1 heterocycles. The summed E-state index contributed by atoms with van der Waals surface area (Å²) >= 11 is 0. The topological polar surface area (TPSA) is 71.2 Å². The lowest BCUT2D eigenvalue weighted by molar-refractivity contribution is -0.133. The fraction of sp³-hybridized carbons (Fsp3) is 0.357.